The Hall–Kier alpha value is -0.915. The van der Waals surface area contributed by atoms with Crippen molar-refractivity contribution < 1.29 is 4.74 Å². The molecule has 0 atom stereocenters. The van der Waals surface area contributed by atoms with Gasteiger partial charge in [0.05, 0.1) is 6.51 Å². The Labute approximate surface area is 81.5 Å². The highest BCUT2D eigenvalue weighted by molar-refractivity contribution is 6.08. The van der Waals surface area contributed by atoms with E-state index >= 15 is 0 Å². The molecule has 0 saturated carbocycles. The van der Waals surface area contributed by atoms with Gasteiger partial charge in [0.1, 0.15) is 5.75 Å². The Bertz CT molecular complexity index is 276. The highest BCUT2D eigenvalue weighted by atomic mass is 16.5. The van der Waals surface area contributed by atoms with Crippen LogP contribution in [0.3, 0.4) is 0 Å². The third-order valence-corrected chi connectivity index (χ3v) is 1.99. The molecule has 0 amide bonds. The van der Waals surface area contributed by atoms with Gasteiger partial charge in [0, 0.05) is 0 Å². The summed E-state index contributed by atoms with van der Waals surface area (Å²) in [5.41, 5.74) is 1.43. The molecule has 0 N–H and O–H groups in total. The van der Waals surface area contributed by atoms with Crippen LogP contribution in [0.5, 0.6) is 5.75 Å². The van der Waals surface area contributed by atoms with E-state index in [-0.39, 0.29) is 5.41 Å². The quantitative estimate of drug-likeness (QED) is 0.625. The molecule has 0 saturated heterocycles. The van der Waals surface area contributed by atoms with Gasteiger partial charge in [-0.1, -0.05) is 39.0 Å². The maximum absolute atomic E-state index is 5.56. The van der Waals surface area contributed by atoms with Gasteiger partial charge in [-0.3, -0.25) is 0 Å². The molecule has 0 aliphatic carbocycles. The largest absolute Gasteiger partial charge is 0.502 e. The van der Waals surface area contributed by atoms with Gasteiger partial charge in [-0.05, 0) is 17.0 Å². The lowest BCUT2D eigenvalue weighted by atomic mass is 9.86. The molecule has 0 unspecified atom stereocenters. The first-order valence-corrected chi connectivity index (χ1v) is 4.78. The van der Waals surface area contributed by atoms with Crippen molar-refractivity contribution in [1.82, 2.24) is 0 Å². The van der Waals surface area contributed by atoms with E-state index in [0.717, 1.165) is 12.3 Å². The van der Waals surface area contributed by atoms with E-state index in [1.54, 1.807) is 0 Å². The summed E-state index contributed by atoms with van der Waals surface area (Å²) in [6.45, 7) is 7.33. The third-order valence-electron chi connectivity index (χ3n) is 1.99. The lowest BCUT2D eigenvalue weighted by Gasteiger charge is -2.22. The van der Waals surface area contributed by atoms with E-state index in [2.05, 4.69) is 32.9 Å². The van der Waals surface area contributed by atoms with Gasteiger partial charge in [-0.25, -0.2) is 0 Å². The van der Waals surface area contributed by atoms with Gasteiger partial charge in [-0.2, -0.15) is 0 Å². The van der Waals surface area contributed by atoms with Crippen LogP contribution in [0.15, 0.2) is 24.3 Å². The molecule has 0 bridgehead atoms. The van der Waals surface area contributed by atoms with E-state index in [1.807, 2.05) is 20.0 Å². The number of para-hydroxylation sites is 1. The fourth-order valence-corrected chi connectivity index (χ4v) is 1.37. The molecule has 0 aromatic heterocycles. The lowest BCUT2D eigenvalue weighted by molar-refractivity contribution is 0.373. The van der Waals surface area contributed by atoms with Crippen LogP contribution in [0.4, 0.5) is 0 Å². The molecule has 1 nitrogen and oxygen atoms in total. The summed E-state index contributed by atoms with van der Waals surface area (Å²) in [4.78, 5) is 0. The smallest absolute Gasteiger partial charge is 0.150 e. The van der Waals surface area contributed by atoms with Gasteiger partial charge >= 0.3 is 0 Å². The van der Waals surface area contributed by atoms with Crippen molar-refractivity contribution >= 4 is 7.85 Å². The second-order valence-electron chi connectivity index (χ2n) is 4.18. The number of benzene rings is 1. The van der Waals surface area contributed by atoms with Crippen LogP contribution in [-0.2, 0) is 5.41 Å². The zero-order chi connectivity index (χ0) is 9.90. The minimum Gasteiger partial charge on any atom is -0.502 e. The molecular formula is C11H17BO. The molecule has 0 aliphatic heterocycles. The molecule has 0 aliphatic rings. The second-order valence-corrected chi connectivity index (χ2v) is 4.18. The van der Waals surface area contributed by atoms with Crippen molar-refractivity contribution in [3.63, 3.8) is 0 Å². The number of rotatable bonds is 2. The molecule has 1 rings (SSSR count). The summed E-state index contributed by atoms with van der Waals surface area (Å²) in [5, 5.41) is 0. The first kappa shape index (κ1) is 10.2. The van der Waals surface area contributed by atoms with E-state index in [1.165, 1.54) is 5.56 Å². The zero-order valence-electron chi connectivity index (χ0n) is 8.92. The van der Waals surface area contributed by atoms with Gasteiger partial charge in [0.15, 0.2) is 7.85 Å². The molecule has 0 heterocycles. The molecule has 13 heavy (non-hydrogen) atoms. The molecule has 1 aromatic carbocycles. The Morgan fingerprint density at radius 3 is 2.38 bits per heavy atom. The van der Waals surface area contributed by atoms with Crippen molar-refractivity contribution in [3.05, 3.63) is 29.8 Å². The summed E-state index contributed by atoms with van der Waals surface area (Å²) in [7, 11) is 2.01. The Morgan fingerprint density at radius 2 is 1.85 bits per heavy atom. The molecule has 0 spiro atoms. The average Bonchev–Trinajstić information content (AvgIpc) is 2.04. The summed E-state index contributed by atoms with van der Waals surface area (Å²) < 4.78 is 5.56. The fourth-order valence-electron chi connectivity index (χ4n) is 1.37. The maximum Gasteiger partial charge on any atom is 0.150 e. The van der Waals surface area contributed by atoms with Crippen LogP contribution in [0.25, 0.3) is 0 Å². The minimum absolute atomic E-state index is 0.158. The van der Waals surface area contributed by atoms with Crippen LogP contribution >= 0.6 is 0 Å². The summed E-state index contributed by atoms with van der Waals surface area (Å²) in [5.74, 6) is 1.01. The van der Waals surface area contributed by atoms with E-state index in [9.17, 15) is 0 Å². The van der Waals surface area contributed by atoms with Gasteiger partial charge in [0.2, 0.25) is 0 Å². The summed E-state index contributed by atoms with van der Waals surface area (Å²) in [6.07, 6.45) is 0. The maximum atomic E-state index is 5.56. The monoisotopic (exact) mass is 176 g/mol. The molecular weight excluding hydrogens is 159 g/mol. The molecule has 0 radical (unpaired) electrons. The fraction of sp³-hybridized carbons (Fsp3) is 0.455. The number of ether oxygens (including phenoxy) is 1. The van der Waals surface area contributed by atoms with Crippen LogP contribution in [0, 0.1) is 0 Å². The SMILES string of the molecule is BCOc1ccccc1C(C)(C)C. The van der Waals surface area contributed by atoms with Crippen LogP contribution in [0.2, 0.25) is 0 Å². The zero-order valence-corrected chi connectivity index (χ0v) is 8.92. The third kappa shape index (κ3) is 2.51. The van der Waals surface area contributed by atoms with Crippen molar-refractivity contribution in [2.75, 3.05) is 6.51 Å². The standard InChI is InChI=1S/C11H17BO/c1-11(2,3)9-6-4-5-7-10(9)13-8-12/h4-7H,8,12H2,1-3H3. The average molecular weight is 176 g/mol. The van der Waals surface area contributed by atoms with E-state index < -0.39 is 0 Å². The van der Waals surface area contributed by atoms with Crippen LogP contribution < -0.4 is 4.74 Å². The van der Waals surface area contributed by atoms with Crippen LogP contribution in [0.1, 0.15) is 26.3 Å². The van der Waals surface area contributed by atoms with Crippen LogP contribution in [-0.4, -0.2) is 14.4 Å². The first-order valence-electron chi connectivity index (χ1n) is 4.78. The van der Waals surface area contributed by atoms with Crippen molar-refractivity contribution in [2.24, 2.45) is 0 Å². The lowest BCUT2D eigenvalue weighted by Crippen LogP contribution is -2.13. The normalized spacial score (nSPS) is 11.3. The van der Waals surface area contributed by atoms with Gasteiger partial charge in [-0.15, -0.1) is 0 Å². The van der Waals surface area contributed by atoms with Crippen molar-refractivity contribution in [2.45, 2.75) is 26.2 Å². The van der Waals surface area contributed by atoms with Crippen molar-refractivity contribution in [1.29, 1.82) is 0 Å². The Balaban J connectivity index is 3.05. The van der Waals surface area contributed by atoms with E-state index in [4.69, 9.17) is 4.74 Å². The molecule has 0 fully saturated rings. The Kier molecular flexibility index (Phi) is 3.02. The highest BCUT2D eigenvalue weighted by Crippen LogP contribution is 2.30. The molecule has 1 aromatic rings. The first-order chi connectivity index (χ1) is 6.05. The topological polar surface area (TPSA) is 9.23 Å². The minimum atomic E-state index is 0.158. The number of hydrogen-bond acceptors (Lipinski definition) is 1. The van der Waals surface area contributed by atoms with E-state index in [0.29, 0.717) is 0 Å². The highest BCUT2D eigenvalue weighted by Gasteiger charge is 2.17. The molecule has 2 heteroatoms. The summed E-state index contributed by atoms with van der Waals surface area (Å²) >= 11 is 0. The second kappa shape index (κ2) is 3.86. The Morgan fingerprint density at radius 1 is 1.23 bits per heavy atom. The van der Waals surface area contributed by atoms with Gasteiger partial charge < -0.3 is 4.74 Å². The molecule has 70 valence electrons. The summed E-state index contributed by atoms with van der Waals surface area (Å²) in [6, 6.07) is 8.23. The van der Waals surface area contributed by atoms with Gasteiger partial charge in [0.25, 0.3) is 0 Å². The predicted molar refractivity (Wildman–Crippen MR) is 59.2 cm³/mol. The predicted octanol–water partition coefficient (Wildman–Crippen LogP) is 1.95. The van der Waals surface area contributed by atoms with Crippen molar-refractivity contribution in [3.8, 4) is 5.75 Å². The number of hydrogen-bond donors (Lipinski definition) is 0.